The number of hydrogen-bond donors (Lipinski definition) is 2. The molecule has 7 nitrogen and oxygen atoms in total. The van der Waals surface area contributed by atoms with Crippen LogP contribution in [0.1, 0.15) is 44.4 Å². The highest BCUT2D eigenvalue weighted by Crippen LogP contribution is 2.39. The Morgan fingerprint density at radius 3 is 2.79 bits per heavy atom. The van der Waals surface area contributed by atoms with Crippen molar-refractivity contribution in [2.24, 2.45) is 0 Å². The van der Waals surface area contributed by atoms with Gasteiger partial charge < -0.3 is 4.42 Å². The first-order valence-corrected chi connectivity index (χ1v) is 12.3. The Bertz CT molecular complexity index is 1040. The van der Waals surface area contributed by atoms with E-state index in [0.29, 0.717) is 11.3 Å². The molecule has 1 fully saturated rings. The summed E-state index contributed by atoms with van der Waals surface area (Å²) in [5, 5.41) is 10.2. The molecule has 1 amide bonds. The number of amides is 1. The smallest absolute Gasteiger partial charge is 0.263 e. The summed E-state index contributed by atoms with van der Waals surface area (Å²) >= 11 is 1.51. The van der Waals surface area contributed by atoms with Gasteiger partial charge in [-0.15, -0.1) is 0 Å². The van der Waals surface area contributed by atoms with E-state index in [9.17, 15) is 18.4 Å². The molecule has 1 aromatic carbocycles. The normalized spacial score (nSPS) is 22.8. The third-order valence-corrected chi connectivity index (χ3v) is 9.09. The van der Waals surface area contributed by atoms with E-state index >= 15 is 0 Å². The quantitative estimate of drug-likeness (QED) is 0.434. The first-order valence-electron chi connectivity index (χ1n) is 9.90. The summed E-state index contributed by atoms with van der Waals surface area (Å²) in [7, 11) is -3.95. The predicted octanol–water partition coefficient (Wildman–Crippen LogP) is 3.09. The van der Waals surface area contributed by atoms with Gasteiger partial charge in [-0.25, -0.2) is 13.9 Å². The van der Waals surface area contributed by atoms with E-state index < -0.39 is 26.7 Å². The van der Waals surface area contributed by atoms with Gasteiger partial charge in [0.05, 0.1) is 4.90 Å². The molecule has 2 aliphatic rings. The van der Waals surface area contributed by atoms with Crippen LogP contribution in [0.25, 0.3) is 11.0 Å². The molecule has 29 heavy (non-hydrogen) atoms. The second kappa shape index (κ2) is 7.61. The summed E-state index contributed by atoms with van der Waals surface area (Å²) in [4.78, 5) is 12.5. The molecule has 1 aromatic heterocycles. The number of carbonyl (C=O) groups is 1. The molecular formula is C20H26N2O5S2. The van der Waals surface area contributed by atoms with E-state index in [1.165, 1.54) is 28.1 Å². The van der Waals surface area contributed by atoms with Crippen molar-refractivity contribution in [2.75, 3.05) is 12.3 Å². The topological polar surface area (TPSA) is 99.9 Å². The lowest BCUT2D eigenvalue weighted by molar-refractivity contribution is -0.134. The summed E-state index contributed by atoms with van der Waals surface area (Å²) in [6, 6.07) is 3.98. The maximum absolute atomic E-state index is 13.5. The molecule has 1 unspecified atom stereocenters. The van der Waals surface area contributed by atoms with Crippen molar-refractivity contribution in [3.8, 4) is 0 Å². The van der Waals surface area contributed by atoms with E-state index in [4.69, 9.17) is 4.42 Å². The second-order valence-corrected chi connectivity index (χ2v) is 11.8. The molecule has 2 aromatic rings. The van der Waals surface area contributed by atoms with Crippen molar-refractivity contribution < 1.29 is 22.8 Å². The van der Waals surface area contributed by atoms with E-state index in [1.54, 1.807) is 17.6 Å². The highest BCUT2D eigenvalue weighted by atomic mass is 32.2. The molecule has 158 valence electrons. The zero-order chi connectivity index (χ0) is 20.8. The fourth-order valence-electron chi connectivity index (χ4n) is 4.44. The average molecular weight is 439 g/mol. The molecule has 0 bridgehead atoms. The zero-order valence-corrected chi connectivity index (χ0v) is 18.2. The fourth-order valence-corrected chi connectivity index (χ4v) is 7.56. The van der Waals surface area contributed by atoms with Crippen molar-refractivity contribution in [1.82, 2.24) is 9.79 Å². The van der Waals surface area contributed by atoms with E-state index in [1.807, 2.05) is 19.9 Å². The lowest BCUT2D eigenvalue weighted by Crippen LogP contribution is -2.61. The van der Waals surface area contributed by atoms with E-state index in [2.05, 4.69) is 0 Å². The third-order valence-electron chi connectivity index (χ3n) is 5.88. The van der Waals surface area contributed by atoms with E-state index in [-0.39, 0.29) is 11.4 Å². The zero-order valence-electron chi connectivity index (χ0n) is 16.6. The number of nitrogens with one attached hydrogen (secondary N) is 1. The van der Waals surface area contributed by atoms with Crippen molar-refractivity contribution in [1.29, 1.82) is 0 Å². The molecule has 0 saturated carbocycles. The summed E-state index contributed by atoms with van der Waals surface area (Å²) in [5.41, 5.74) is 3.40. The van der Waals surface area contributed by atoms with Crippen LogP contribution in [-0.4, -0.2) is 46.9 Å². The van der Waals surface area contributed by atoms with Crippen LogP contribution in [0.5, 0.6) is 0 Å². The van der Waals surface area contributed by atoms with Crippen molar-refractivity contribution >= 4 is 38.7 Å². The number of benzene rings is 1. The summed E-state index contributed by atoms with van der Waals surface area (Å²) < 4.78 is 33.5. The average Bonchev–Trinajstić information content (AvgIpc) is 2.86. The molecule has 0 spiro atoms. The van der Waals surface area contributed by atoms with Crippen molar-refractivity contribution in [3.05, 3.63) is 29.5 Å². The van der Waals surface area contributed by atoms with Crippen LogP contribution in [0.15, 0.2) is 27.5 Å². The lowest BCUT2D eigenvalue weighted by atomic mass is 10.0. The number of rotatable bonds is 3. The Labute approximate surface area is 174 Å². The number of fused-ring (bicyclic) bond motifs is 3. The SMILES string of the molecule is CC1(C)SCCN(S(=O)(=O)c2ccc3c4c(oc3c2)CCCCC4)C1C(=O)NO. The fraction of sp³-hybridized carbons (Fsp3) is 0.550. The lowest BCUT2D eigenvalue weighted by Gasteiger charge is -2.43. The minimum Gasteiger partial charge on any atom is -0.461 e. The maximum atomic E-state index is 13.5. The molecule has 4 rings (SSSR count). The predicted molar refractivity (Wildman–Crippen MR) is 112 cm³/mol. The first-order chi connectivity index (χ1) is 13.8. The number of sulfonamides is 1. The van der Waals surface area contributed by atoms with Crippen LogP contribution in [0.4, 0.5) is 0 Å². The molecule has 9 heteroatoms. The van der Waals surface area contributed by atoms with Gasteiger partial charge in [-0.2, -0.15) is 16.1 Å². The van der Waals surface area contributed by atoms with Crippen LogP contribution in [0, 0.1) is 0 Å². The Morgan fingerprint density at radius 1 is 1.28 bits per heavy atom. The molecule has 0 radical (unpaired) electrons. The number of hydroxylamine groups is 1. The first kappa shape index (κ1) is 20.7. The number of aryl methyl sites for hydroxylation is 2. The van der Waals surface area contributed by atoms with Gasteiger partial charge >= 0.3 is 0 Å². The number of nitrogens with zero attached hydrogens (tertiary/aromatic N) is 1. The number of hydrogen-bond acceptors (Lipinski definition) is 6. The van der Waals surface area contributed by atoms with Gasteiger partial charge in [0.2, 0.25) is 10.0 Å². The monoisotopic (exact) mass is 438 g/mol. The molecule has 1 saturated heterocycles. The largest absolute Gasteiger partial charge is 0.461 e. The van der Waals surface area contributed by atoms with Gasteiger partial charge in [0.1, 0.15) is 17.4 Å². The van der Waals surface area contributed by atoms with Crippen molar-refractivity contribution in [2.45, 2.75) is 61.6 Å². The second-order valence-electron chi connectivity index (χ2n) is 8.17. The maximum Gasteiger partial charge on any atom is 0.263 e. The van der Waals surface area contributed by atoms with Gasteiger partial charge in [-0.3, -0.25) is 10.0 Å². The van der Waals surface area contributed by atoms with Crippen LogP contribution in [-0.2, 0) is 27.7 Å². The molecule has 1 aliphatic heterocycles. The Morgan fingerprint density at radius 2 is 2.03 bits per heavy atom. The molecule has 1 aliphatic carbocycles. The number of furan rings is 1. The molecule has 2 N–H and O–H groups in total. The highest BCUT2D eigenvalue weighted by molar-refractivity contribution is 8.00. The summed E-state index contributed by atoms with van der Waals surface area (Å²) in [6.45, 7) is 3.82. The minimum atomic E-state index is -3.95. The Kier molecular flexibility index (Phi) is 5.43. The standard InChI is InChI=1S/C20H26N2O5S2/c1-20(2)18(19(23)21-24)22(10-11-28-20)29(25,26)13-8-9-15-14-6-4-3-5-7-16(14)27-17(15)12-13/h8-9,12,18,24H,3-7,10-11H2,1-2H3,(H,21,23). The van der Waals surface area contributed by atoms with Crippen LogP contribution >= 0.6 is 11.8 Å². The van der Waals surface area contributed by atoms with Gasteiger partial charge in [-0.05, 0) is 45.2 Å². The van der Waals surface area contributed by atoms with E-state index in [0.717, 1.165) is 36.8 Å². The number of carbonyl (C=O) groups excluding carboxylic acids is 1. The molecule has 2 heterocycles. The number of thioether (sulfide) groups is 1. The highest BCUT2D eigenvalue weighted by Gasteiger charge is 2.48. The Hall–Kier alpha value is -1.55. The minimum absolute atomic E-state index is 0.104. The van der Waals surface area contributed by atoms with Gasteiger partial charge in [0.25, 0.3) is 5.91 Å². The van der Waals surface area contributed by atoms with Gasteiger partial charge in [0, 0.05) is 40.5 Å². The Balaban J connectivity index is 1.76. The van der Waals surface area contributed by atoms with Crippen LogP contribution < -0.4 is 5.48 Å². The van der Waals surface area contributed by atoms with Gasteiger partial charge in [0.15, 0.2) is 0 Å². The summed E-state index contributed by atoms with van der Waals surface area (Å²) in [6.07, 6.45) is 5.19. The van der Waals surface area contributed by atoms with Crippen LogP contribution in [0.2, 0.25) is 0 Å². The van der Waals surface area contributed by atoms with Crippen LogP contribution in [0.3, 0.4) is 0 Å². The molecular weight excluding hydrogens is 412 g/mol. The van der Waals surface area contributed by atoms with Gasteiger partial charge in [-0.1, -0.05) is 6.42 Å². The molecule has 1 atom stereocenters. The third kappa shape index (κ3) is 3.58. The van der Waals surface area contributed by atoms with Crippen molar-refractivity contribution in [3.63, 3.8) is 0 Å². The summed E-state index contributed by atoms with van der Waals surface area (Å²) in [5.74, 6) is 0.801.